The molecule has 2 aromatic rings. The summed E-state index contributed by atoms with van der Waals surface area (Å²) >= 11 is 12.2. The van der Waals surface area contributed by atoms with E-state index in [0.29, 0.717) is 28.8 Å². The molecule has 1 aliphatic rings. The van der Waals surface area contributed by atoms with Gasteiger partial charge in [-0.2, -0.15) is 0 Å². The lowest BCUT2D eigenvalue weighted by Gasteiger charge is -2.32. The second-order valence-electron chi connectivity index (χ2n) is 5.24. The Morgan fingerprint density at radius 3 is 2.77 bits per heavy atom. The summed E-state index contributed by atoms with van der Waals surface area (Å²) in [5, 5.41) is 1.26. The SMILES string of the molecule is CC(=O)c1ccc2c(c1)N(Cc1ccc(Cl)cc1Cl)CCO2. The summed E-state index contributed by atoms with van der Waals surface area (Å²) in [6.07, 6.45) is 0. The number of benzene rings is 2. The third-order valence-corrected chi connectivity index (χ3v) is 4.29. The molecule has 0 saturated carbocycles. The van der Waals surface area contributed by atoms with Gasteiger partial charge in [-0.1, -0.05) is 29.3 Å². The molecule has 1 heterocycles. The van der Waals surface area contributed by atoms with Crippen LogP contribution in [0.4, 0.5) is 5.69 Å². The average molecular weight is 336 g/mol. The maximum absolute atomic E-state index is 11.6. The number of rotatable bonds is 3. The lowest BCUT2D eigenvalue weighted by Crippen LogP contribution is -2.32. The van der Waals surface area contributed by atoms with Crippen LogP contribution < -0.4 is 9.64 Å². The van der Waals surface area contributed by atoms with Crippen LogP contribution in [0.2, 0.25) is 10.0 Å². The van der Waals surface area contributed by atoms with E-state index in [0.717, 1.165) is 23.5 Å². The van der Waals surface area contributed by atoms with Crippen LogP contribution in [0.1, 0.15) is 22.8 Å². The Morgan fingerprint density at radius 1 is 1.23 bits per heavy atom. The summed E-state index contributed by atoms with van der Waals surface area (Å²) in [5.74, 6) is 0.833. The fourth-order valence-corrected chi connectivity index (χ4v) is 2.98. The molecule has 0 saturated heterocycles. The van der Waals surface area contributed by atoms with Crippen molar-refractivity contribution in [3.63, 3.8) is 0 Å². The maximum Gasteiger partial charge on any atom is 0.159 e. The Bertz CT molecular complexity index is 731. The fraction of sp³-hybridized carbons (Fsp3) is 0.235. The maximum atomic E-state index is 11.6. The number of carbonyl (C=O) groups is 1. The molecule has 0 radical (unpaired) electrons. The molecule has 0 amide bonds. The second-order valence-corrected chi connectivity index (χ2v) is 6.09. The third-order valence-electron chi connectivity index (χ3n) is 3.70. The smallest absolute Gasteiger partial charge is 0.159 e. The first-order chi connectivity index (χ1) is 10.5. The molecule has 0 spiro atoms. The number of Topliss-reactive ketones (excluding diaryl/α,β-unsaturated/α-hetero) is 1. The number of fused-ring (bicyclic) bond motifs is 1. The lowest BCUT2D eigenvalue weighted by molar-refractivity contribution is 0.101. The van der Waals surface area contributed by atoms with Crippen LogP contribution >= 0.6 is 23.2 Å². The van der Waals surface area contributed by atoms with Gasteiger partial charge in [-0.25, -0.2) is 0 Å². The second kappa shape index (κ2) is 6.19. The van der Waals surface area contributed by atoms with Crippen LogP contribution in [-0.4, -0.2) is 18.9 Å². The summed E-state index contributed by atoms with van der Waals surface area (Å²) in [4.78, 5) is 13.8. The standard InChI is InChI=1S/C17H15Cl2NO2/c1-11(21)12-3-5-17-16(8-12)20(6-7-22-17)10-13-2-4-14(18)9-15(13)19/h2-5,8-9H,6-7,10H2,1H3. The van der Waals surface area contributed by atoms with E-state index < -0.39 is 0 Å². The summed E-state index contributed by atoms with van der Waals surface area (Å²) in [6.45, 7) is 3.56. The van der Waals surface area contributed by atoms with Gasteiger partial charge in [-0.05, 0) is 42.8 Å². The zero-order chi connectivity index (χ0) is 15.7. The van der Waals surface area contributed by atoms with Gasteiger partial charge in [-0.3, -0.25) is 4.79 Å². The molecule has 0 bridgehead atoms. The number of hydrogen-bond acceptors (Lipinski definition) is 3. The molecule has 0 fully saturated rings. The Balaban J connectivity index is 1.93. The summed E-state index contributed by atoms with van der Waals surface area (Å²) in [5.41, 5.74) is 2.59. The van der Waals surface area contributed by atoms with Crippen molar-refractivity contribution in [2.45, 2.75) is 13.5 Å². The predicted molar refractivity (Wildman–Crippen MR) is 89.5 cm³/mol. The van der Waals surface area contributed by atoms with Crippen LogP contribution in [0, 0.1) is 0 Å². The summed E-state index contributed by atoms with van der Waals surface area (Å²) in [6, 6.07) is 11.0. The number of anilines is 1. The minimum Gasteiger partial charge on any atom is -0.490 e. The molecular weight excluding hydrogens is 321 g/mol. The van der Waals surface area contributed by atoms with Crippen LogP contribution in [-0.2, 0) is 6.54 Å². The number of hydrogen-bond donors (Lipinski definition) is 0. The Kier molecular flexibility index (Phi) is 4.27. The van der Waals surface area contributed by atoms with Gasteiger partial charge in [0.25, 0.3) is 0 Å². The van der Waals surface area contributed by atoms with Gasteiger partial charge in [0.05, 0.1) is 12.2 Å². The van der Waals surface area contributed by atoms with Crippen molar-refractivity contribution < 1.29 is 9.53 Å². The molecule has 0 atom stereocenters. The molecule has 114 valence electrons. The Labute approximate surface area is 139 Å². The van der Waals surface area contributed by atoms with E-state index in [9.17, 15) is 4.79 Å². The zero-order valence-corrected chi connectivity index (χ0v) is 13.6. The first kappa shape index (κ1) is 15.2. The number of halogens is 2. The Morgan fingerprint density at radius 2 is 2.05 bits per heavy atom. The highest BCUT2D eigenvalue weighted by Gasteiger charge is 2.20. The summed E-state index contributed by atoms with van der Waals surface area (Å²) in [7, 11) is 0. The summed E-state index contributed by atoms with van der Waals surface area (Å²) < 4.78 is 5.67. The van der Waals surface area contributed by atoms with Gasteiger partial charge in [-0.15, -0.1) is 0 Å². The normalized spacial score (nSPS) is 13.5. The van der Waals surface area contributed by atoms with Gasteiger partial charge in [0.15, 0.2) is 5.78 Å². The molecule has 0 aliphatic carbocycles. The molecule has 0 aromatic heterocycles. The minimum absolute atomic E-state index is 0.0397. The molecule has 0 unspecified atom stereocenters. The monoisotopic (exact) mass is 335 g/mol. The van der Waals surface area contributed by atoms with E-state index >= 15 is 0 Å². The van der Waals surface area contributed by atoms with Crippen molar-refractivity contribution in [1.82, 2.24) is 0 Å². The highest BCUT2D eigenvalue weighted by atomic mass is 35.5. The third kappa shape index (κ3) is 3.06. The molecule has 1 aliphatic heterocycles. The van der Waals surface area contributed by atoms with E-state index in [1.165, 1.54) is 0 Å². The van der Waals surface area contributed by atoms with E-state index in [4.69, 9.17) is 27.9 Å². The van der Waals surface area contributed by atoms with Gasteiger partial charge in [0.2, 0.25) is 0 Å². The van der Waals surface area contributed by atoms with Crippen molar-refractivity contribution in [1.29, 1.82) is 0 Å². The van der Waals surface area contributed by atoms with Crippen LogP contribution in [0.25, 0.3) is 0 Å². The Hall–Kier alpha value is -1.71. The van der Waals surface area contributed by atoms with E-state index in [1.807, 2.05) is 24.3 Å². The van der Waals surface area contributed by atoms with E-state index in [-0.39, 0.29) is 5.78 Å². The molecule has 0 N–H and O–H groups in total. The average Bonchev–Trinajstić information content (AvgIpc) is 2.49. The number of ether oxygens (including phenoxy) is 1. The van der Waals surface area contributed by atoms with Crippen molar-refractivity contribution >= 4 is 34.7 Å². The number of carbonyl (C=O) groups excluding carboxylic acids is 1. The van der Waals surface area contributed by atoms with Crippen LogP contribution in [0.3, 0.4) is 0 Å². The molecule has 2 aromatic carbocycles. The number of nitrogens with zero attached hydrogens (tertiary/aromatic N) is 1. The molecule has 22 heavy (non-hydrogen) atoms. The van der Waals surface area contributed by atoms with Gasteiger partial charge < -0.3 is 9.64 Å². The fourth-order valence-electron chi connectivity index (χ4n) is 2.51. The number of ketones is 1. The topological polar surface area (TPSA) is 29.5 Å². The van der Waals surface area contributed by atoms with Gasteiger partial charge in [0, 0.05) is 22.2 Å². The lowest BCUT2D eigenvalue weighted by atomic mass is 10.1. The van der Waals surface area contributed by atoms with Crippen molar-refractivity contribution in [3.05, 3.63) is 57.6 Å². The van der Waals surface area contributed by atoms with Crippen molar-refractivity contribution in [3.8, 4) is 5.75 Å². The largest absolute Gasteiger partial charge is 0.490 e. The van der Waals surface area contributed by atoms with Crippen LogP contribution in [0.15, 0.2) is 36.4 Å². The quantitative estimate of drug-likeness (QED) is 0.768. The van der Waals surface area contributed by atoms with Gasteiger partial charge in [0.1, 0.15) is 12.4 Å². The molecular formula is C17H15Cl2NO2. The highest BCUT2D eigenvalue weighted by Crippen LogP contribution is 2.34. The zero-order valence-electron chi connectivity index (χ0n) is 12.1. The molecule has 5 heteroatoms. The molecule has 3 rings (SSSR count). The van der Waals surface area contributed by atoms with E-state index in [1.54, 1.807) is 19.1 Å². The molecule has 3 nitrogen and oxygen atoms in total. The predicted octanol–water partition coefficient (Wildman–Crippen LogP) is 4.60. The van der Waals surface area contributed by atoms with E-state index in [2.05, 4.69) is 4.90 Å². The van der Waals surface area contributed by atoms with Crippen LogP contribution in [0.5, 0.6) is 5.75 Å². The van der Waals surface area contributed by atoms with Gasteiger partial charge >= 0.3 is 0 Å². The highest BCUT2D eigenvalue weighted by molar-refractivity contribution is 6.35. The van der Waals surface area contributed by atoms with Crippen molar-refractivity contribution in [2.24, 2.45) is 0 Å². The minimum atomic E-state index is 0.0397. The van der Waals surface area contributed by atoms with Crippen molar-refractivity contribution in [2.75, 3.05) is 18.1 Å². The first-order valence-electron chi connectivity index (χ1n) is 7.01. The first-order valence-corrected chi connectivity index (χ1v) is 7.77.